The first-order valence-corrected chi connectivity index (χ1v) is 13.3. The lowest BCUT2D eigenvalue weighted by molar-refractivity contribution is -0.118. The number of Topliss-reactive ketones (excluding diaryl/α,β-unsaturated/α-hetero) is 1. The van der Waals surface area contributed by atoms with E-state index in [1.807, 2.05) is 60.7 Å². The minimum atomic E-state index is -0.108. The molecular formula is C25H25N7O2S2. The molecule has 3 heterocycles. The molecule has 9 nitrogen and oxygen atoms in total. The van der Waals surface area contributed by atoms with Crippen molar-refractivity contribution in [2.24, 2.45) is 0 Å². The van der Waals surface area contributed by atoms with Gasteiger partial charge in [-0.2, -0.15) is 0 Å². The number of nitrogens with one attached hydrogen (secondary N) is 1. The van der Waals surface area contributed by atoms with Crippen molar-refractivity contribution in [1.82, 2.24) is 20.4 Å². The van der Waals surface area contributed by atoms with Crippen LogP contribution in [0.5, 0.6) is 0 Å². The lowest BCUT2D eigenvalue weighted by Gasteiger charge is -2.33. The summed E-state index contributed by atoms with van der Waals surface area (Å²) in [5.74, 6) is 0.0275. The fourth-order valence-electron chi connectivity index (χ4n) is 3.93. The molecule has 5 rings (SSSR count). The molecule has 1 N–H and O–H groups in total. The number of amides is 1. The van der Waals surface area contributed by atoms with Gasteiger partial charge in [-0.05, 0) is 11.1 Å². The summed E-state index contributed by atoms with van der Waals surface area (Å²) in [7, 11) is 0. The van der Waals surface area contributed by atoms with Crippen LogP contribution in [-0.4, -0.2) is 58.3 Å². The van der Waals surface area contributed by atoms with Crippen LogP contribution >= 0.6 is 22.7 Å². The lowest BCUT2D eigenvalue weighted by Crippen LogP contribution is -2.46. The van der Waals surface area contributed by atoms with Crippen molar-refractivity contribution in [3.8, 4) is 0 Å². The SMILES string of the molecule is O=C(Cc1ccccc1)Cc1nnc(N2CCN(c3nnc(NC(=O)Cc4ccccc4)s3)CC2)s1. The summed E-state index contributed by atoms with van der Waals surface area (Å²) in [6.45, 7) is 3.05. The molecule has 0 atom stereocenters. The monoisotopic (exact) mass is 519 g/mol. The molecule has 0 bridgehead atoms. The average Bonchev–Trinajstić information content (AvgIpc) is 3.55. The van der Waals surface area contributed by atoms with Crippen LogP contribution in [0.2, 0.25) is 0 Å². The Hall–Kier alpha value is -3.70. The zero-order valence-corrected chi connectivity index (χ0v) is 21.2. The molecule has 0 radical (unpaired) electrons. The standard InChI is InChI=1S/C25H25N7O2S2/c33-20(15-18-7-3-1-4-8-18)17-22-27-29-24(35-22)31-11-13-32(14-12-31)25-30-28-23(36-25)26-21(34)16-19-9-5-2-6-10-19/h1-10H,11-17H2,(H,26,28,34). The summed E-state index contributed by atoms with van der Waals surface area (Å²) in [4.78, 5) is 29.1. The van der Waals surface area contributed by atoms with Gasteiger partial charge in [0.25, 0.3) is 0 Å². The number of nitrogens with zero attached hydrogens (tertiary/aromatic N) is 6. The number of anilines is 3. The van der Waals surface area contributed by atoms with E-state index in [1.54, 1.807) is 0 Å². The van der Waals surface area contributed by atoms with Gasteiger partial charge in [0.1, 0.15) is 10.8 Å². The van der Waals surface area contributed by atoms with E-state index in [9.17, 15) is 9.59 Å². The molecule has 2 aromatic carbocycles. The smallest absolute Gasteiger partial charge is 0.230 e. The first-order chi connectivity index (χ1) is 17.6. The van der Waals surface area contributed by atoms with Gasteiger partial charge in [0, 0.05) is 32.6 Å². The van der Waals surface area contributed by atoms with Crippen LogP contribution in [0.1, 0.15) is 16.1 Å². The minimum absolute atomic E-state index is 0.108. The molecule has 1 saturated heterocycles. The van der Waals surface area contributed by atoms with Crippen molar-refractivity contribution >= 4 is 49.8 Å². The van der Waals surface area contributed by atoms with Crippen molar-refractivity contribution in [3.63, 3.8) is 0 Å². The largest absolute Gasteiger partial charge is 0.343 e. The third-order valence-corrected chi connectivity index (χ3v) is 7.62. The Kier molecular flexibility index (Phi) is 7.58. The molecule has 36 heavy (non-hydrogen) atoms. The number of carbonyl (C=O) groups is 2. The molecule has 0 saturated carbocycles. The van der Waals surface area contributed by atoms with Gasteiger partial charge < -0.3 is 15.1 Å². The van der Waals surface area contributed by atoms with Gasteiger partial charge in [0.05, 0.1) is 12.8 Å². The highest BCUT2D eigenvalue weighted by atomic mass is 32.1. The third-order valence-electron chi connectivity index (χ3n) is 5.74. The van der Waals surface area contributed by atoms with Gasteiger partial charge in [0.2, 0.25) is 21.3 Å². The summed E-state index contributed by atoms with van der Waals surface area (Å²) < 4.78 is 0. The van der Waals surface area contributed by atoms with Crippen LogP contribution in [0.25, 0.3) is 0 Å². The Morgan fingerprint density at radius 1 is 0.694 bits per heavy atom. The number of aromatic nitrogens is 4. The molecule has 184 valence electrons. The molecule has 1 fully saturated rings. The van der Waals surface area contributed by atoms with E-state index < -0.39 is 0 Å². The number of benzene rings is 2. The van der Waals surface area contributed by atoms with E-state index in [2.05, 4.69) is 35.5 Å². The van der Waals surface area contributed by atoms with Crippen molar-refractivity contribution in [2.75, 3.05) is 41.3 Å². The maximum Gasteiger partial charge on any atom is 0.230 e. The lowest BCUT2D eigenvalue weighted by atomic mass is 10.1. The van der Waals surface area contributed by atoms with Crippen LogP contribution in [0.4, 0.5) is 15.4 Å². The first kappa shape index (κ1) is 24.0. The molecule has 2 aromatic heterocycles. The predicted molar refractivity (Wildman–Crippen MR) is 142 cm³/mol. The van der Waals surface area contributed by atoms with E-state index in [-0.39, 0.29) is 11.7 Å². The topological polar surface area (TPSA) is 104 Å². The van der Waals surface area contributed by atoms with Gasteiger partial charge in [-0.1, -0.05) is 83.3 Å². The first-order valence-electron chi connectivity index (χ1n) is 11.7. The number of piperazine rings is 1. The summed E-state index contributed by atoms with van der Waals surface area (Å²) in [5.41, 5.74) is 1.97. The van der Waals surface area contributed by atoms with Crippen LogP contribution < -0.4 is 15.1 Å². The van der Waals surface area contributed by atoms with E-state index in [0.717, 1.165) is 52.6 Å². The molecule has 1 aliphatic rings. The van der Waals surface area contributed by atoms with E-state index >= 15 is 0 Å². The summed E-state index contributed by atoms with van der Waals surface area (Å²) in [6.07, 6.45) is 1.01. The number of rotatable bonds is 9. The second kappa shape index (κ2) is 11.4. The molecule has 11 heteroatoms. The van der Waals surface area contributed by atoms with Crippen molar-refractivity contribution < 1.29 is 9.59 Å². The second-order valence-electron chi connectivity index (χ2n) is 8.43. The van der Waals surface area contributed by atoms with Crippen LogP contribution in [0.15, 0.2) is 60.7 Å². The Balaban J connectivity index is 1.09. The fraction of sp³-hybridized carbons (Fsp3) is 0.280. The van der Waals surface area contributed by atoms with E-state index in [0.29, 0.717) is 24.4 Å². The Bertz CT molecular complexity index is 1200. The van der Waals surface area contributed by atoms with Crippen molar-refractivity contribution in [2.45, 2.75) is 19.3 Å². The van der Waals surface area contributed by atoms with Gasteiger partial charge in [-0.15, -0.1) is 20.4 Å². The maximum absolute atomic E-state index is 12.4. The predicted octanol–water partition coefficient (Wildman–Crippen LogP) is 3.25. The third kappa shape index (κ3) is 6.29. The average molecular weight is 520 g/mol. The number of hydrogen-bond acceptors (Lipinski definition) is 10. The highest BCUT2D eigenvalue weighted by Crippen LogP contribution is 2.27. The normalized spacial score (nSPS) is 13.6. The highest BCUT2D eigenvalue weighted by Gasteiger charge is 2.23. The summed E-state index contributed by atoms with van der Waals surface area (Å²) in [5, 5.41) is 22.7. The summed E-state index contributed by atoms with van der Waals surface area (Å²) in [6, 6.07) is 19.4. The fourth-order valence-corrected chi connectivity index (χ4v) is 5.66. The van der Waals surface area contributed by atoms with Gasteiger partial charge in [-0.25, -0.2) is 0 Å². The Morgan fingerprint density at radius 2 is 1.25 bits per heavy atom. The van der Waals surface area contributed by atoms with Gasteiger partial charge >= 0.3 is 0 Å². The van der Waals surface area contributed by atoms with Gasteiger partial charge in [0.15, 0.2) is 0 Å². The zero-order valence-electron chi connectivity index (χ0n) is 19.5. The highest BCUT2D eigenvalue weighted by molar-refractivity contribution is 7.19. The van der Waals surface area contributed by atoms with Crippen LogP contribution in [0.3, 0.4) is 0 Å². The molecule has 1 amide bonds. The van der Waals surface area contributed by atoms with Crippen LogP contribution in [-0.2, 0) is 28.9 Å². The number of hydrogen-bond donors (Lipinski definition) is 1. The Labute approximate surface area is 216 Å². The molecule has 0 unspecified atom stereocenters. The van der Waals surface area contributed by atoms with E-state index in [4.69, 9.17) is 0 Å². The minimum Gasteiger partial charge on any atom is -0.343 e. The number of ketones is 1. The molecule has 4 aromatic rings. The summed E-state index contributed by atoms with van der Waals surface area (Å²) >= 11 is 2.86. The maximum atomic E-state index is 12.4. The Morgan fingerprint density at radius 3 is 1.89 bits per heavy atom. The quantitative estimate of drug-likeness (QED) is 0.359. The zero-order chi connectivity index (χ0) is 24.7. The van der Waals surface area contributed by atoms with Gasteiger partial charge in [-0.3, -0.25) is 9.59 Å². The second-order valence-corrected chi connectivity index (χ2v) is 10.4. The molecule has 0 aliphatic carbocycles. The molecule has 1 aliphatic heterocycles. The van der Waals surface area contributed by atoms with E-state index in [1.165, 1.54) is 22.7 Å². The number of carbonyl (C=O) groups excluding carboxylic acids is 2. The van der Waals surface area contributed by atoms with Crippen LogP contribution in [0, 0.1) is 0 Å². The molecule has 0 spiro atoms. The van der Waals surface area contributed by atoms with Crippen molar-refractivity contribution in [1.29, 1.82) is 0 Å². The molecular weight excluding hydrogens is 494 g/mol. The van der Waals surface area contributed by atoms with Crippen molar-refractivity contribution in [3.05, 3.63) is 76.8 Å².